The van der Waals surface area contributed by atoms with Gasteiger partial charge in [-0.2, -0.15) is 0 Å². The molecular weight excluding hydrogens is 234 g/mol. The van der Waals surface area contributed by atoms with Crippen LogP contribution in [0.2, 0.25) is 0 Å². The number of rotatable bonds is 6. The molecule has 0 unspecified atom stereocenters. The predicted octanol–water partition coefficient (Wildman–Crippen LogP) is 0.0408. The lowest BCUT2D eigenvalue weighted by Gasteiger charge is -2.27. The Bertz CT molecular complexity index is 393. The van der Waals surface area contributed by atoms with E-state index in [1.807, 2.05) is 13.8 Å². The highest BCUT2D eigenvalue weighted by Crippen LogP contribution is 2.19. The highest BCUT2D eigenvalue weighted by molar-refractivity contribution is 5.48. The van der Waals surface area contributed by atoms with Crippen LogP contribution < -0.4 is 16.6 Å². The van der Waals surface area contributed by atoms with Crippen molar-refractivity contribution in [3.63, 3.8) is 0 Å². The number of nitrogens with zero attached hydrogens (tertiary/aromatic N) is 2. The Morgan fingerprint density at radius 1 is 1.28 bits per heavy atom. The van der Waals surface area contributed by atoms with Gasteiger partial charge in [-0.15, -0.1) is 0 Å². The van der Waals surface area contributed by atoms with Crippen molar-refractivity contribution < 1.29 is 10.2 Å². The van der Waals surface area contributed by atoms with Crippen LogP contribution in [0, 0.1) is 0 Å². The molecule has 1 aromatic heterocycles. The van der Waals surface area contributed by atoms with E-state index in [2.05, 4.69) is 20.7 Å². The van der Waals surface area contributed by atoms with Gasteiger partial charge in [-0.25, -0.2) is 15.8 Å². The van der Waals surface area contributed by atoms with Gasteiger partial charge >= 0.3 is 0 Å². The third kappa shape index (κ3) is 3.52. The zero-order valence-corrected chi connectivity index (χ0v) is 10.9. The summed E-state index contributed by atoms with van der Waals surface area (Å²) in [5, 5.41) is 21.5. The van der Waals surface area contributed by atoms with E-state index < -0.39 is 5.54 Å². The molecule has 0 fully saturated rings. The van der Waals surface area contributed by atoms with E-state index >= 15 is 0 Å². The molecule has 0 saturated heterocycles. The highest BCUT2D eigenvalue weighted by Gasteiger charge is 2.23. The fourth-order valence-electron chi connectivity index (χ4n) is 1.30. The van der Waals surface area contributed by atoms with Crippen LogP contribution in [0.1, 0.15) is 32.5 Å². The second-order valence-electron chi connectivity index (χ2n) is 4.80. The van der Waals surface area contributed by atoms with Crippen molar-refractivity contribution in [2.75, 3.05) is 24.0 Å². The average molecular weight is 255 g/mol. The number of anilines is 2. The first-order chi connectivity index (χ1) is 8.44. The van der Waals surface area contributed by atoms with Crippen LogP contribution in [0.15, 0.2) is 6.07 Å². The monoisotopic (exact) mass is 255 g/mol. The van der Waals surface area contributed by atoms with E-state index in [0.717, 1.165) is 0 Å². The Morgan fingerprint density at radius 3 is 2.28 bits per heavy atom. The molecule has 0 aliphatic rings. The quantitative estimate of drug-likeness (QED) is 0.360. The van der Waals surface area contributed by atoms with Crippen molar-refractivity contribution in [1.82, 2.24) is 9.97 Å². The molecule has 102 valence electrons. The number of aliphatic hydroxyl groups is 2. The Morgan fingerprint density at radius 2 is 1.83 bits per heavy atom. The summed E-state index contributed by atoms with van der Waals surface area (Å²) in [6.07, 6.45) is 0. The van der Waals surface area contributed by atoms with E-state index in [4.69, 9.17) is 5.84 Å². The number of nitrogens with one attached hydrogen (secondary N) is 2. The lowest BCUT2D eigenvalue weighted by Crippen LogP contribution is -2.42. The number of hydrogen-bond donors (Lipinski definition) is 5. The Labute approximate surface area is 106 Å². The van der Waals surface area contributed by atoms with Crippen molar-refractivity contribution in [1.29, 1.82) is 0 Å². The normalized spacial score (nSPS) is 11.7. The molecule has 7 nitrogen and oxygen atoms in total. The molecule has 0 atom stereocenters. The highest BCUT2D eigenvalue weighted by atomic mass is 16.3. The minimum atomic E-state index is -0.839. The first-order valence-corrected chi connectivity index (χ1v) is 5.79. The number of aromatic nitrogens is 2. The van der Waals surface area contributed by atoms with Gasteiger partial charge in [-0.05, 0) is 6.92 Å². The second-order valence-corrected chi connectivity index (χ2v) is 4.80. The standard InChI is InChI=1S/C11H21N5O2/c1-7(2)10-13-8(4-9(14-10)16-12)15-11(3,5-17)6-18/h4,7,17-18H,5-6,12H2,1-3H3,(H2,13,14,15,16). The van der Waals surface area contributed by atoms with Crippen molar-refractivity contribution in [2.45, 2.75) is 32.2 Å². The maximum atomic E-state index is 9.25. The molecule has 0 aromatic carbocycles. The summed E-state index contributed by atoms with van der Waals surface area (Å²) < 4.78 is 0. The van der Waals surface area contributed by atoms with E-state index in [1.54, 1.807) is 13.0 Å². The molecule has 0 spiro atoms. The van der Waals surface area contributed by atoms with Crippen LogP contribution in [-0.4, -0.2) is 38.9 Å². The smallest absolute Gasteiger partial charge is 0.145 e. The lowest BCUT2D eigenvalue weighted by atomic mass is 10.1. The first-order valence-electron chi connectivity index (χ1n) is 5.79. The molecule has 0 radical (unpaired) electrons. The molecule has 0 aliphatic heterocycles. The van der Waals surface area contributed by atoms with Crippen LogP contribution >= 0.6 is 0 Å². The SMILES string of the molecule is CC(C)c1nc(NN)cc(NC(C)(CO)CO)n1. The Balaban J connectivity index is 3.04. The molecule has 7 heteroatoms. The van der Waals surface area contributed by atoms with Gasteiger partial charge in [0.2, 0.25) is 0 Å². The van der Waals surface area contributed by atoms with Gasteiger partial charge in [-0.1, -0.05) is 13.8 Å². The molecule has 0 saturated carbocycles. The van der Waals surface area contributed by atoms with E-state index in [1.165, 1.54) is 0 Å². The molecule has 18 heavy (non-hydrogen) atoms. The number of hydrazine groups is 1. The lowest BCUT2D eigenvalue weighted by molar-refractivity contribution is 0.147. The summed E-state index contributed by atoms with van der Waals surface area (Å²) in [4.78, 5) is 8.54. The summed E-state index contributed by atoms with van der Waals surface area (Å²) in [5.41, 5.74) is 1.63. The number of nitrogens with two attached hydrogens (primary N) is 1. The van der Waals surface area contributed by atoms with Crippen molar-refractivity contribution in [3.8, 4) is 0 Å². The van der Waals surface area contributed by atoms with Gasteiger partial charge in [0.05, 0.1) is 18.8 Å². The molecule has 0 amide bonds. The Hall–Kier alpha value is -1.44. The fraction of sp³-hybridized carbons (Fsp3) is 0.636. The molecule has 1 heterocycles. The predicted molar refractivity (Wildman–Crippen MR) is 70.1 cm³/mol. The van der Waals surface area contributed by atoms with E-state index in [9.17, 15) is 10.2 Å². The minimum absolute atomic E-state index is 0.147. The first kappa shape index (κ1) is 14.6. The number of aliphatic hydroxyl groups excluding tert-OH is 2. The molecular formula is C11H21N5O2. The van der Waals surface area contributed by atoms with Gasteiger partial charge in [0.15, 0.2) is 0 Å². The fourth-order valence-corrected chi connectivity index (χ4v) is 1.30. The molecule has 1 rings (SSSR count). The van der Waals surface area contributed by atoms with Gasteiger partial charge in [0.1, 0.15) is 17.5 Å². The number of nitrogen functional groups attached to an aromatic ring is 1. The summed E-state index contributed by atoms with van der Waals surface area (Å²) in [6, 6.07) is 1.62. The summed E-state index contributed by atoms with van der Waals surface area (Å²) >= 11 is 0. The average Bonchev–Trinajstić information content (AvgIpc) is 2.38. The van der Waals surface area contributed by atoms with Crippen LogP contribution in [0.5, 0.6) is 0 Å². The van der Waals surface area contributed by atoms with Gasteiger partial charge in [0.25, 0.3) is 0 Å². The minimum Gasteiger partial charge on any atom is -0.394 e. The molecule has 0 aliphatic carbocycles. The molecule has 1 aromatic rings. The molecule has 6 N–H and O–H groups in total. The Kier molecular flexibility index (Phi) is 4.83. The van der Waals surface area contributed by atoms with Crippen LogP contribution in [-0.2, 0) is 0 Å². The maximum absolute atomic E-state index is 9.25. The second kappa shape index (κ2) is 5.94. The summed E-state index contributed by atoms with van der Waals surface area (Å²) in [5.74, 6) is 7.11. The zero-order chi connectivity index (χ0) is 13.8. The van der Waals surface area contributed by atoms with Crippen molar-refractivity contribution >= 4 is 11.6 Å². The van der Waals surface area contributed by atoms with Gasteiger partial charge in [0, 0.05) is 12.0 Å². The third-order valence-electron chi connectivity index (χ3n) is 2.54. The van der Waals surface area contributed by atoms with Gasteiger partial charge < -0.3 is 21.0 Å². The number of hydrogen-bond acceptors (Lipinski definition) is 7. The van der Waals surface area contributed by atoms with Crippen molar-refractivity contribution in [3.05, 3.63) is 11.9 Å². The topological polar surface area (TPSA) is 116 Å². The van der Waals surface area contributed by atoms with Crippen LogP contribution in [0.25, 0.3) is 0 Å². The largest absolute Gasteiger partial charge is 0.394 e. The summed E-state index contributed by atoms with van der Waals surface area (Å²) in [7, 11) is 0. The summed E-state index contributed by atoms with van der Waals surface area (Å²) in [6.45, 7) is 5.21. The van der Waals surface area contributed by atoms with E-state index in [0.29, 0.717) is 17.5 Å². The molecule has 0 bridgehead atoms. The van der Waals surface area contributed by atoms with Crippen molar-refractivity contribution in [2.24, 2.45) is 5.84 Å². The van der Waals surface area contributed by atoms with E-state index in [-0.39, 0.29) is 19.1 Å². The van der Waals surface area contributed by atoms with Crippen LogP contribution in [0.3, 0.4) is 0 Å². The van der Waals surface area contributed by atoms with Gasteiger partial charge in [-0.3, -0.25) is 0 Å². The third-order valence-corrected chi connectivity index (χ3v) is 2.54. The zero-order valence-electron chi connectivity index (χ0n) is 10.9. The van der Waals surface area contributed by atoms with Crippen LogP contribution in [0.4, 0.5) is 11.6 Å². The maximum Gasteiger partial charge on any atom is 0.145 e.